The van der Waals surface area contributed by atoms with Gasteiger partial charge in [0.15, 0.2) is 0 Å². The predicted molar refractivity (Wildman–Crippen MR) is 95.2 cm³/mol. The summed E-state index contributed by atoms with van der Waals surface area (Å²) in [5, 5.41) is 0. The molecule has 0 atom stereocenters. The molecule has 1 saturated heterocycles. The zero-order valence-corrected chi connectivity index (χ0v) is 14.7. The van der Waals surface area contributed by atoms with Crippen LogP contribution in [0.5, 0.6) is 0 Å². The topological polar surface area (TPSA) is 35.5 Å². The summed E-state index contributed by atoms with van der Waals surface area (Å²) < 4.78 is 0. The maximum atomic E-state index is 4.94. The van der Waals surface area contributed by atoms with Gasteiger partial charge in [-0.25, -0.2) is 9.97 Å². The highest BCUT2D eigenvalue weighted by Gasteiger charge is 2.30. The first-order valence-corrected chi connectivity index (χ1v) is 9.91. The van der Waals surface area contributed by atoms with E-state index in [1.54, 1.807) is 0 Å². The van der Waals surface area contributed by atoms with Gasteiger partial charge in [-0.1, -0.05) is 6.42 Å². The SMILES string of the molecule is c1nc(N2CCN(C3CCC3)CC2)nc2c1CN(CC1CC1)CC2. The van der Waals surface area contributed by atoms with Crippen LogP contribution in [0.4, 0.5) is 5.95 Å². The van der Waals surface area contributed by atoms with E-state index in [2.05, 4.69) is 20.9 Å². The molecule has 5 nitrogen and oxygen atoms in total. The molecule has 0 amide bonds. The lowest BCUT2D eigenvalue weighted by molar-refractivity contribution is 0.120. The van der Waals surface area contributed by atoms with E-state index in [1.165, 1.54) is 69.5 Å². The van der Waals surface area contributed by atoms with Gasteiger partial charge in [0.05, 0.1) is 5.69 Å². The molecule has 2 saturated carbocycles. The summed E-state index contributed by atoms with van der Waals surface area (Å²) in [7, 11) is 0. The number of hydrogen-bond acceptors (Lipinski definition) is 5. The Morgan fingerprint density at radius 2 is 1.83 bits per heavy atom. The Bertz CT molecular complexity index is 587. The summed E-state index contributed by atoms with van der Waals surface area (Å²) in [4.78, 5) is 17.3. The van der Waals surface area contributed by atoms with Gasteiger partial charge in [0.1, 0.15) is 0 Å². The van der Waals surface area contributed by atoms with Crippen molar-refractivity contribution in [3.63, 3.8) is 0 Å². The fourth-order valence-electron chi connectivity index (χ4n) is 4.38. The molecule has 0 spiro atoms. The summed E-state index contributed by atoms with van der Waals surface area (Å²) >= 11 is 0. The van der Waals surface area contributed by atoms with E-state index in [9.17, 15) is 0 Å². The summed E-state index contributed by atoms with van der Waals surface area (Å²) in [6.45, 7) is 8.05. The van der Waals surface area contributed by atoms with Crippen molar-refractivity contribution in [1.82, 2.24) is 19.8 Å². The van der Waals surface area contributed by atoms with Crippen molar-refractivity contribution in [3.05, 3.63) is 17.5 Å². The Labute approximate surface area is 145 Å². The molecular formula is C19H29N5. The summed E-state index contributed by atoms with van der Waals surface area (Å²) in [5.41, 5.74) is 2.66. The Balaban J connectivity index is 1.22. The normalized spacial score (nSPS) is 26.2. The van der Waals surface area contributed by atoms with Gasteiger partial charge < -0.3 is 4.90 Å². The molecule has 4 aliphatic rings. The smallest absolute Gasteiger partial charge is 0.225 e. The van der Waals surface area contributed by atoms with Crippen molar-refractivity contribution in [1.29, 1.82) is 0 Å². The van der Waals surface area contributed by atoms with Crippen molar-refractivity contribution >= 4 is 5.95 Å². The largest absolute Gasteiger partial charge is 0.338 e. The van der Waals surface area contributed by atoms with Crippen LogP contribution >= 0.6 is 0 Å². The first-order chi connectivity index (χ1) is 11.8. The molecule has 2 aliphatic heterocycles. The Kier molecular flexibility index (Phi) is 3.94. The van der Waals surface area contributed by atoms with Crippen LogP contribution in [0, 0.1) is 5.92 Å². The van der Waals surface area contributed by atoms with Crippen LogP contribution in [0.1, 0.15) is 43.4 Å². The van der Waals surface area contributed by atoms with Crippen molar-refractivity contribution < 1.29 is 0 Å². The van der Waals surface area contributed by atoms with E-state index >= 15 is 0 Å². The number of piperazine rings is 1. The lowest BCUT2D eigenvalue weighted by Gasteiger charge is -2.43. The van der Waals surface area contributed by atoms with Crippen LogP contribution in [0.2, 0.25) is 0 Å². The van der Waals surface area contributed by atoms with E-state index < -0.39 is 0 Å². The molecule has 0 radical (unpaired) electrons. The average molecular weight is 327 g/mol. The Hall–Kier alpha value is -1.20. The van der Waals surface area contributed by atoms with Crippen LogP contribution < -0.4 is 4.90 Å². The van der Waals surface area contributed by atoms with Gasteiger partial charge in [0.2, 0.25) is 5.95 Å². The van der Waals surface area contributed by atoms with E-state index in [0.717, 1.165) is 44.0 Å². The summed E-state index contributed by atoms with van der Waals surface area (Å²) in [6, 6.07) is 0.869. The molecule has 24 heavy (non-hydrogen) atoms. The molecule has 0 unspecified atom stereocenters. The lowest BCUT2D eigenvalue weighted by Crippen LogP contribution is -2.52. The highest BCUT2D eigenvalue weighted by atomic mass is 15.3. The fourth-order valence-corrected chi connectivity index (χ4v) is 4.38. The van der Waals surface area contributed by atoms with E-state index in [4.69, 9.17) is 9.97 Å². The molecule has 3 heterocycles. The minimum absolute atomic E-state index is 0.869. The third-order valence-corrected chi connectivity index (χ3v) is 6.40. The quantitative estimate of drug-likeness (QED) is 0.844. The third-order valence-electron chi connectivity index (χ3n) is 6.40. The number of rotatable bonds is 4. The molecule has 1 aromatic rings. The molecule has 0 N–H and O–H groups in total. The second-order valence-corrected chi connectivity index (χ2v) is 8.18. The number of nitrogens with zero attached hydrogens (tertiary/aromatic N) is 5. The van der Waals surface area contributed by atoms with Gasteiger partial charge >= 0.3 is 0 Å². The first-order valence-electron chi connectivity index (χ1n) is 9.91. The van der Waals surface area contributed by atoms with Crippen molar-refractivity contribution in [2.45, 2.75) is 51.1 Å². The van der Waals surface area contributed by atoms with Crippen LogP contribution in [-0.4, -0.2) is 65.1 Å². The Morgan fingerprint density at radius 1 is 1.00 bits per heavy atom. The van der Waals surface area contributed by atoms with E-state index in [-0.39, 0.29) is 0 Å². The van der Waals surface area contributed by atoms with E-state index in [0.29, 0.717) is 0 Å². The minimum atomic E-state index is 0.869. The highest BCUT2D eigenvalue weighted by molar-refractivity contribution is 5.35. The zero-order chi connectivity index (χ0) is 15.9. The van der Waals surface area contributed by atoms with Crippen molar-refractivity contribution in [2.24, 2.45) is 5.92 Å². The molecule has 5 rings (SSSR count). The first kappa shape index (κ1) is 15.1. The minimum Gasteiger partial charge on any atom is -0.338 e. The maximum absolute atomic E-state index is 4.94. The van der Waals surface area contributed by atoms with Crippen molar-refractivity contribution in [2.75, 3.05) is 44.2 Å². The molecule has 130 valence electrons. The highest BCUT2D eigenvalue weighted by Crippen LogP contribution is 2.31. The molecule has 1 aromatic heterocycles. The van der Waals surface area contributed by atoms with Crippen LogP contribution in [0.3, 0.4) is 0 Å². The molecule has 0 aromatic carbocycles. The number of anilines is 1. The molecule has 5 heteroatoms. The number of hydrogen-bond donors (Lipinski definition) is 0. The predicted octanol–water partition coefficient (Wildman–Crippen LogP) is 1.92. The van der Waals surface area contributed by atoms with Gasteiger partial charge in [-0.2, -0.15) is 0 Å². The second kappa shape index (κ2) is 6.26. The fraction of sp³-hybridized carbons (Fsp3) is 0.789. The summed E-state index contributed by atoms with van der Waals surface area (Å²) in [5.74, 6) is 1.94. The second-order valence-electron chi connectivity index (χ2n) is 8.18. The number of fused-ring (bicyclic) bond motifs is 1. The lowest BCUT2D eigenvalue weighted by atomic mass is 9.91. The standard InChI is InChI=1S/C19H29N5/c1-2-17(3-1)23-8-10-24(11-9-23)19-20-12-16-14-22(13-15-4-5-15)7-6-18(16)21-19/h12,15,17H,1-11,13-14H2. The summed E-state index contributed by atoms with van der Waals surface area (Å²) in [6.07, 6.45) is 10.3. The maximum Gasteiger partial charge on any atom is 0.225 e. The van der Waals surface area contributed by atoms with Gasteiger partial charge in [-0.3, -0.25) is 9.80 Å². The van der Waals surface area contributed by atoms with Crippen LogP contribution in [0.15, 0.2) is 6.20 Å². The monoisotopic (exact) mass is 327 g/mol. The van der Waals surface area contributed by atoms with Gasteiger partial charge in [-0.05, 0) is 31.6 Å². The molecule has 2 aliphatic carbocycles. The molecular weight excluding hydrogens is 298 g/mol. The molecule has 3 fully saturated rings. The molecule has 0 bridgehead atoms. The van der Waals surface area contributed by atoms with Gasteiger partial charge in [0.25, 0.3) is 0 Å². The van der Waals surface area contributed by atoms with Crippen LogP contribution in [-0.2, 0) is 13.0 Å². The van der Waals surface area contributed by atoms with Crippen molar-refractivity contribution in [3.8, 4) is 0 Å². The zero-order valence-electron chi connectivity index (χ0n) is 14.7. The van der Waals surface area contributed by atoms with Gasteiger partial charge in [-0.15, -0.1) is 0 Å². The van der Waals surface area contributed by atoms with E-state index in [1.807, 2.05) is 0 Å². The van der Waals surface area contributed by atoms with Gasteiger partial charge in [0, 0.05) is 70.0 Å². The third kappa shape index (κ3) is 3.04. The Morgan fingerprint density at radius 3 is 2.54 bits per heavy atom. The average Bonchev–Trinajstić information content (AvgIpc) is 3.38. The number of aromatic nitrogens is 2. The van der Waals surface area contributed by atoms with Crippen LogP contribution in [0.25, 0.3) is 0 Å².